The van der Waals surface area contributed by atoms with Crippen molar-refractivity contribution in [2.24, 2.45) is 0 Å². The zero-order valence-corrected chi connectivity index (χ0v) is 11.4. The topological polar surface area (TPSA) is 55.6 Å². The van der Waals surface area contributed by atoms with E-state index in [4.69, 9.17) is 11.6 Å². The first-order valence-corrected chi connectivity index (χ1v) is 6.17. The standard InChI is InChI=1S/C12H16ClN5/c1-8-4-10(3)18(17-8)7-9(2)15-12-6-14-5-11(13)16-12/h4-6,9H,7H2,1-3H3,(H,15,16)/t9-/m1/s1. The molecule has 0 aliphatic heterocycles. The first-order chi connectivity index (χ1) is 8.54. The zero-order chi connectivity index (χ0) is 13.1. The van der Waals surface area contributed by atoms with Crippen LogP contribution in [0.4, 0.5) is 5.82 Å². The van der Waals surface area contributed by atoms with Crippen LogP contribution in [0.1, 0.15) is 18.3 Å². The molecule has 2 rings (SSSR count). The van der Waals surface area contributed by atoms with Gasteiger partial charge in [-0.25, -0.2) is 4.98 Å². The average molecular weight is 266 g/mol. The molecule has 5 nitrogen and oxygen atoms in total. The van der Waals surface area contributed by atoms with Gasteiger partial charge in [-0.2, -0.15) is 5.10 Å². The van der Waals surface area contributed by atoms with Crippen molar-refractivity contribution in [2.45, 2.75) is 33.4 Å². The predicted molar refractivity (Wildman–Crippen MR) is 71.8 cm³/mol. The molecular weight excluding hydrogens is 250 g/mol. The van der Waals surface area contributed by atoms with Crippen molar-refractivity contribution in [1.82, 2.24) is 19.7 Å². The van der Waals surface area contributed by atoms with Crippen LogP contribution < -0.4 is 5.32 Å². The third-order valence-electron chi connectivity index (χ3n) is 2.55. The van der Waals surface area contributed by atoms with Gasteiger partial charge in [-0.3, -0.25) is 9.67 Å². The number of hydrogen-bond donors (Lipinski definition) is 1. The molecule has 0 spiro atoms. The Morgan fingerprint density at radius 1 is 1.39 bits per heavy atom. The van der Waals surface area contributed by atoms with Crippen LogP contribution in [0.2, 0.25) is 5.15 Å². The largest absolute Gasteiger partial charge is 0.364 e. The Hall–Kier alpha value is -1.62. The number of aryl methyl sites for hydroxylation is 2. The smallest absolute Gasteiger partial charge is 0.149 e. The van der Waals surface area contributed by atoms with Gasteiger partial charge in [0.25, 0.3) is 0 Å². The lowest BCUT2D eigenvalue weighted by Crippen LogP contribution is -2.23. The SMILES string of the molecule is Cc1cc(C)n(C[C@@H](C)Nc2cncc(Cl)n2)n1. The maximum atomic E-state index is 5.79. The van der Waals surface area contributed by atoms with E-state index < -0.39 is 0 Å². The van der Waals surface area contributed by atoms with E-state index in [1.54, 1.807) is 6.20 Å². The summed E-state index contributed by atoms with van der Waals surface area (Å²) in [6.07, 6.45) is 3.17. The molecule has 2 heterocycles. The lowest BCUT2D eigenvalue weighted by atomic mass is 10.3. The summed E-state index contributed by atoms with van der Waals surface area (Å²) >= 11 is 5.79. The fraction of sp³-hybridized carbons (Fsp3) is 0.417. The minimum atomic E-state index is 0.191. The van der Waals surface area contributed by atoms with Crippen LogP contribution in [0.15, 0.2) is 18.5 Å². The van der Waals surface area contributed by atoms with E-state index in [-0.39, 0.29) is 6.04 Å². The summed E-state index contributed by atoms with van der Waals surface area (Å²) in [4.78, 5) is 8.13. The molecule has 1 atom stereocenters. The van der Waals surface area contributed by atoms with Crippen molar-refractivity contribution in [2.75, 3.05) is 5.32 Å². The van der Waals surface area contributed by atoms with E-state index in [0.29, 0.717) is 11.0 Å². The number of rotatable bonds is 4. The summed E-state index contributed by atoms with van der Waals surface area (Å²) in [6.45, 7) is 6.88. The Labute approximate surface area is 111 Å². The molecule has 18 heavy (non-hydrogen) atoms. The highest BCUT2D eigenvalue weighted by Crippen LogP contribution is 2.09. The summed E-state index contributed by atoms with van der Waals surface area (Å²) in [7, 11) is 0. The molecule has 0 radical (unpaired) electrons. The van der Waals surface area contributed by atoms with Gasteiger partial charge in [0.2, 0.25) is 0 Å². The monoisotopic (exact) mass is 265 g/mol. The molecule has 0 bridgehead atoms. The first-order valence-electron chi connectivity index (χ1n) is 5.80. The van der Waals surface area contributed by atoms with Crippen molar-refractivity contribution in [1.29, 1.82) is 0 Å². The van der Waals surface area contributed by atoms with Gasteiger partial charge in [0.05, 0.1) is 24.6 Å². The zero-order valence-electron chi connectivity index (χ0n) is 10.7. The van der Waals surface area contributed by atoms with Crippen molar-refractivity contribution in [3.63, 3.8) is 0 Å². The summed E-state index contributed by atoms with van der Waals surface area (Å²) in [5.41, 5.74) is 2.18. The van der Waals surface area contributed by atoms with E-state index >= 15 is 0 Å². The molecule has 2 aromatic rings. The van der Waals surface area contributed by atoms with Gasteiger partial charge >= 0.3 is 0 Å². The summed E-state index contributed by atoms with van der Waals surface area (Å²) < 4.78 is 1.98. The molecule has 0 aromatic carbocycles. The maximum absolute atomic E-state index is 5.79. The minimum Gasteiger partial charge on any atom is -0.364 e. The summed E-state index contributed by atoms with van der Waals surface area (Å²) in [5, 5.41) is 8.06. The van der Waals surface area contributed by atoms with Crippen LogP contribution >= 0.6 is 11.6 Å². The molecule has 6 heteroatoms. The highest BCUT2D eigenvalue weighted by molar-refractivity contribution is 6.29. The molecule has 1 N–H and O–H groups in total. The quantitative estimate of drug-likeness (QED) is 0.923. The third kappa shape index (κ3) is 3.20. The molecule has 96 valence electrons. The van der Waals surface area contributed by atoms with Crippen LogP contribution in [-0.2, 0) is 6.54 Å². The van der Waals surface area contributed by atoms with E-state index in [9.17, 15) is 0 Å². The van der Waals surface area contributed by atoms with Crippen LogP contribution in [0.25, 0.3) is 0 Å². The Morgan fingerprint density at radius 3 is 2.78 bits per heavy atom. The van der Waals surface area contributed by atoms with Crippen molar-refractivity contribution in [3.05, 3.63) is 35.0 Å². The van der Waals surface area contributed by atoms with Crippen molar-refractivity contribution in [3.8, 4) is 0 Å². The van der Waals surface area contributed by atoms with Crippen LogP contribution in [0, 0.1) is 13.8 Å². The molecule has 0 saturated heterocycles. The third-order valence-corrected chi connectivity index (χ3v) is 2.73. The van der Waals surface area contributed by atoms with Crippen LogP contribution in [0.5, 0.6) is 0 Å². The van der Waals surface area contributed by atoms with E-state index in [2.05, 4.69) is 33.4 Å². The van der Waals surface area contributed by atoms with E-state index in [0.717, 1.165) is 17.9 Å². The number of nitrogens with zero attached hydrogens (tertiary/aromatic N) is 4. The summed E-state index contributed by atoms with van der Waals surface area (Å²) in [6, 6.07) is 2.25. The normalized spacial score (nSPS) is 12.4. The molecule has 0 aliphatic carbocycles. The van der Waals surface area contributed by atoms with E-state index in [1.165, 1.54) is 6.20 Å². The highest BCUT2D eigenvalue weighted by Gasteiger charge is 2.08. The molecule has 0 unspecified atom stereocenters. The van der Waals surface area contributed by atoms with Gasteiger partial charge in [0, 0.05) is 11.7 Å². The first kappa shape index (κ1) is 12.8. The van der Waals surface area contributed by atoms with Gasteiger partial charge in [-0.15, -0.1) is 0 Å². The molecule has 2 aromatic heterocycles. The van der Waals surface area contributed by atoms with Gasteiger partial charge in [0.15, 0.2) is 0 Å². The Morgan fingerprint density at radius 2 is 2.17 bits per heavy atom. The van der Waals surface area contributed by atoms with Gasteiger partial charge in [-0.1, -0.05) is 11.6 Å². The van der Waals surface area contributed by atoms with Crippen LogP contribution in [-0.4, -0.2) is 25.8 Å². The molecule has 0 fully saturated rings. The van der Waals surface area contributed by atoms with Crippen LogP contribution in [0.3, 0.4) is 0 Å². The number of aromatic nitrogens is 4. The lowest BCUT2D eigenvalue weighted by molar-refractivity contribution is 0.544. The summed E-state index contributed by atoms with van der Waals surface area (Å²) in [5.74, 6) is 0.677. The second-order valence-corrected chi connectivity index (χ2v) is 4.77. The molecule has 0 amide bonds. The van der Waals surface area contributed by atoms with E-state index in [1.807, 2.05) is 18.5 Å². The fourth-order valence-corrected chi connectivity index (χ4v) is 1.98. The number of nitrogens with one attached hydrogen (secondary N) is 1. The highest BCUT2D eigenvalue weighted by atomic mass is 35.5. The maximum Gasteiger partial charge on any atom is 0.149 e. The average Bonchev–Trinajstić information content (AvgIpc) is 2.57. The molecule has 0 aliphatic rings. The lowest BCUT2D eigenvalue weighted by Gasteiger charge is -2.15. The Balaban J connectivity index is 2.00. The van der Waals surface area contributed by atoms with Crippen molar-refractivity contribution >= 4 is 17.4 Å². The Kier molecular flexibility index (Phi) is 3.81. The second-order valence-electron chi connectivity index (χ2n) is 4.38. The minimum absolute atomic E-state index is 0.191. The number of anilines is 1. The molecule has 0 saturated carbocycles. The van der Waals surface area contributed by atoms with Gasteiger partial charge < -0.3 is 5.32 Å². The molecular formula is C12H16ClN5. The van der Waals surface area contributed by atoms with Gasteiger partial charge in [-0.05, 0) is 26.8 Å². The van der Waals surface area contributed by atoms with Gasteiger partial charge in [0.1, 0.15) is 11.0 Å². The number of hydrogen-bond acceptors (Lipinski definition) is 4. The fourth-order valence-electron chi connectivity index (χ4n) is 1.83. The Bertz CT molecular complexity index is 537. The second kappa shape index (κ2) is 5.35. The van der Waals surface area contributed by atoms with Crippen molar-refractivity contribution < 1.29 is 0 Å². The predicted octanol–water partition coefficient (Wildman–Crippen LogP) is 2.44. The number of halogens is 1.